The lowest BCUT2D eigenvalue weighted by Gasteiger charge is -2.12. The van der Waals surface area contributed by atoms with E-state index in [9.17, 15) is 5.11 Å². The van der Waals surface area contributed by atoms with E-state index in [4.69, 9.17) is 18.0 Å². The summed E-state index contributed by atoms with van der Waals surface area (Å²) in [6.45, 7) is 4.28. The van der Waals surface area contributed by atoms with Gasteiger partial charge < -0.3 is 10.8 Å². The standard InChI is InChI=1S/C7H14N2OS/c1-5-2-9(3-6(5)10)4-7(8)11/h5-6,10H,2-4H2,1H3,(H2,8,11). The van der Waals surface area contributed by atoms with Crippen LogP contribution in [-0.2, 0) is 0 Å². The van der Waals surface area contributed by atoms with Gasteiger partial charge in [0.2, 0.25) is 0 Å². The Morgan fingerprint density at radius 2 is 2.36 bits per heavy atom. The molecule has 4 heteroatoms. The zero-order valence-electron chi connectivity index (χ0n) is 6.66. The Labute approximate surface area is 72.2 Å². The van der Waals surface area contributed by atoms with Crippen LogP contribution in [0, 0.1) is 5.92 Å². The number of β-amino-alcohol motifs (C(OH)–C–C–N with tert-alkyl or cyclic N) is 1. The molecule has 0 radical (unpaired) electrons. The molecular weight excluding hydrogens is 160 g/mol. The Morgan fingerprint density at radius 3 is 2.73 bits per heavy atom. The van der Waals surface area contributed by atoms with Gasteiger partial charge in [0, 0.05) is 19.6 Å². The summed E-state index contributed by atoms with van der Waals surface area (Å²) in [7, 11) is 0. The van der Waals surface area contributed by atoms with Crippen molar-refractivity contribution in [1.82, 2.24) is 4.90 Å². The number of rotatable bonds is 2. The molecule has 1 aliphatic heterocycles. The molecular formula is C7H14N2OS. The van der Waals surface area contributed by atoms with Gasteiger partial charge in [0.25, 0.3) is 0 Å². The maximum Gasteiger partial charge on any atom is 0.0870 e. The molecule has 0 aromatic heterocycles. The van der Waals surface area contributed by atoms with Crippen LogP contribution in [0.2, 0.25) is 0 Å². The average Bonchev–Trinajstić information content (AvgIpc) is 2.10. The quantitative estimate of drug-likeness (QED) is 0.559. The largest absolute Gasteiger partial charge is 0.392 e. The third-order valence-electron chi connectivity index (χ3n) is 2.03. The van der Waals surface area contributed by atoms with E-state index in [1.807, 2.05) is 6.92 Å². The maximum atomic E-state index is 9.36. The normalized spacial score (nSPS) is 32.5. The van der Waals surface area contributed by atoms with E-state index in [0.717, 1.165) is 6.54 Å². The van der Waals surface area contributed by atoms with Gasteiger partial charge in [-0.2, -0.15) is 0 Å². The first-order valence-corrected chi connectivity index (χ1v) is 4.19. The highest BCUT2D eigenvalue weighted by molar-refractivity contribution is 7.80. The molecule has 1 fully saturated rings. The van der Waals surface area contributed by atoms with Gasteiger partial charge in [-0.3, -0.25) is 4.90 Å². The molecule has 2 atom stereocenters. The lowest BCUT2D eigenvalue weighted by Crippen LogP contribution is -2.31. The molecule has 0 aliphatic carbocycles. The fourth-order valence-corrected chi connectivity index (χ4v) is 1.58. The summed E-state index contributed by atoms with van der Waals surface area (Å²) in [4.78, 5) is 2.59. The first-order chi connectivity index (χ1) is 5.09. The smallest absolute Gasteiger partial charge is 0.0870 e. The highest BCUT2D eigenvalue weighted by atomic mass is 32.1. The second-order valence-electron chi connectivity index (χ2n) is 3.21. The zero-order valence-corrected chi connectivity index (χ0v) is 7.47. The third-order valence-corrected chi connectivity index (χ3v) is 2.16. The molecule has 0 aromatic rings. The number of hydrogen-bond donors (Lipinski definition) is 2. The highest BCUT2D eigenvalue weighted by Gasteiger charge is 2.27. The average molecular weight is 174 g/mol. The van der Waals surface area contributed by atoms with E-state index in [-0.39, 0.29) is 6.10 Å². The van der Waals surface area contributed by atoms with Crippen LogP contribution in [0.15, 0.2) is 0 Å². The summed E-state index contributed by atoms with van der Waals surface area (Å²) >= 11 is 4.76. The minimum Gasteiger partial charge on any atom is -0.392 e. The van der Waals surface area contributed by atoms with Crippen LogP contribution in [0.4, 0.5) is 0 Å². The van der Waals surface area contributed by atoms with Crippen molar-refractivity contribution in [3.8, 4) is 0 Å². The van der Waals surface area contributed by atoms with E-state index in [1.54, 1.807) is 0 Å². The maximum absolute atomic E-state index is 9.36. The van der Waals surface area contributed by atoms with Gasteiger partial charge in [-0.25, -0.2) is 0 Å². The first-order valence-electron chi connectivity index (χ1n) is 3.78. The lowest BCUT2D eigenvalue weighted by molar-refractivity contribution is 0.150. The molecule has 1 heterocycles. The minimum absolute atomic E-state index is 0.204. The van der Waals surface area contributed by atoms with Crippen LogP contribution in [0.1, 0.15) is 6.92 Å². The Balaban J connectivity index is 2.35. The molecule has 0 aromatic carbocycles. The van der Waals surface area contributed by atoms with Crippen LogP contribution in [0.5, 0.6) is 0 Å². The fourth-order valence-electron chi connectivity index (χ4n) is 1.40. The van der Waals surface area contributed by atoms with Crippen molar-refractivity contribution in [2.45, 2.75) is 13.0 Å². The number of thiocarbonyl (C=S) groups is 1. The molecule has 0 spiro atoms. The second-order valence-corrected chi connectivity index (χ2v) is 3.73. The molecule has 1 aliphatic rings. The van der Waals surface area contributed by atoms with E-state index >= 15 is 0 Å². The highest BCUT2D eigenvalue weighted by Crippen LogP contribution is 2.14. The van der Waals surface area contributed by atoms with Crippen LogP contribution in [0.25, 0.3) is 0 Å². The van der Waals surface area contributed by atoms with E-state index < -0.39 is 0 Å². The Kier molecular flexibility index (Phi) is 2.81. The summed E-state index contributed by atoms with van der Waals surface area (Å²) in [6.07, 6.45) is -0.204. The fraction of sp³-hybridized carbons (Fsp3) is 0.857. The molecule has 1 saturated heterocycles. The topological polar surface area (TPSA) is 49.5 Å². The van der Waals surface area contributed by atoms with E-state index in [2.05, 4.69) is 4.90 Å². The SMILES string of the molecule is CC1CN(CC(N)=S)CC1O. The number of nitrogens with two attached hydrogens (primary N) is 1. The van der Waals surface area contributed by atoms with Gasteiger partial charge in [-0.15, -0.1) is 0 Å². The van der Waals surface area contributed by atoms with Crippen molar-refractivity contribution in [3.63, 3.8) is 0 Å². The Bertz CT molecular complexity index is 153. The monoisotopic (exact) mass is 174 g/mol. The summed E-state index contributed by atoms with van der Waals surface area (Å²) < 4.78 is 0. The van der Waals surface area contributed by atoms with E-state index in [0.29, 0.717) is 24.0 Å². The number of likely N-dealkylation sites (tertiary alicyclic amines) is 1. The molecule has 0 saturated carbocycles. The predicted octanol–water partition coefficient (Wildman–Crippen LogP) is -0.415. The molecule has 64 valence electrons. The Hall–Kier alpha value is -0.190. The molecule has 0 amide bonds. The Morgan fingerprint density at radius 1 is 1.73 bits per heavy atom. The predicted molar refractivity (Wildman–Crippen MR) is 48.4 cm³/mol. The molecule has 3 N–H and O–H groups in total. The van der Waals surface area contributed by atoms with Crippen LogP contribution in [-0.4, -0.2) is 40.7 Å². The van der Waals surface area contributed by atoms with Crippen molar-refractivity contribution < 1.29 is 5.11 Å². The van der Waals surface area contributed by atoms with Crippen LogP contribution >= 0.6 is 12.2 Å². The second kappa shape index (κ2) is 3.47. The molecule has 0 bridgehead atoms. The summed E-state index contributed by atoms with van der Waals surface area (Å²) in [5, 5.41) is 9.36. The van der Waals surface area contributed by atoms with Crippen LogP contribution in [0.3, 0.4) is 0 Å². The van der Waals surface area contributed by atoms with Gasteiger partial charge in [-0.1, -0.05) is 19.1 Å². The lowest BCUT2D eigenvalue weighted by atomic mass is 10.1. The summed E-state index contributed by atoms with van der Waals surface area (Å²) in [6, 6.07) is 0. The van der Waals surface area contributed by atoms with Gasteiger partial charge in [0.05, 0.1) is 11.1 Å². The minimum atomic E-state index is -0.204. The molecule has 1 rings (SSSR count). The van der Waals surface area contributed by atoms with Gasteiger partial charge in [0.1, 0.15) is 0 Å². The van der Waals surface area contributed by atoms with Gasteiger partial charge in [-0.05, 0) is 5.92 Å². The van der Waals surface area contributed by atoms with Crippen molar-refractivity contribution in [2.75, 3.05) is 19.6 Å². The molecule has 11 heavy (non-hydrogen) atoms. The molecule has 2 unspecified atom stereocenters. The van der Waals surface area contributed by atoms with Crippen molar-refractivity contribution in [1.29, 1.82) is 0 Å². The van der Waals surface area contributed by atoms with Crippen molar-refractivity contribution in [3.05, 3.63) is 0 Å². The summed E-state index contributed by atoms with van der Waals surface area (Å²) in [5.74, 6) is 0.351. The third kappa shape index (κ3) is 2.39. The van der Waals surface area contributed by atoms with Gasteiger partial charge in [0.15, 0.2) is 0 Å². The number of nitrogens with zero attached hydrogens (tertiary/aromatic N) is 1. The number of aliphatic hydroxyl groups is 1. The van der Waals surface area contributed by atoms with Crippen molar-refractivity contribution >= 4 is 17.2 Å². The van der Waals surface area contributed by atoms with Crippen molar-refractivity contribution in [2.24, 2.45) is 11.7 Å². The van der Waals surface area contributed by atoms with Crippen LogP contribution < -0.4 is 5.73 Å². The first kappa shape index (κ1) is 8.90. The van der Waals surface area contributed by atoms with Gasteiger partial charge >= 0.3 is 0 Å². The zero-order chi connectivity index (χ0) is 8.43. The number of hydrogen-bond acceptors (Lipinski definition) is 3. The molecule has 3 nitrogen and oxygen atoms in total. The summed E-state index contributed by atoms with van der Waals surface area (Å²) in [5.41, 5.74) is 5.37. The number of aliphatic hydroxyl groups excluding tert-OH is 1. The van der Waals surface area contributed by atoms with E-state index in [1.165, 1.54) is 0 Å².